The predicted octanol–water partition coefficient (Wildman–Crippen LogP) is 3.01. The van der Waals surface area contributed by atoms with Gasteiger partial charge in [0.1, 0.15) is 11.9 Å². The first-order valence-electron chi connectivity index (χ1n) is 12.3. The number of carbonyl (C=O) groups excluding carboxylic acids is 1. The van der Waals surface area contributed by atoms with Crippen LogP contribution in [-0.4, -0.2) is 66.3 Å². The molecule has 186 valence electrons. The fourth-order valence-corrected chi connectivity index (χ4v) is 5.39. The van der Waals surface area contributed by atoms with Crippen LogP contribution in [0.25, 0.3) is 0 Å². The summed E-state index contributed by atoms with van der Waals surface area (Å²) in [5.74, 6) is 0.361. The molecule has 0 radical (unpaired) electrons. The van der Waals surface area contributed by atoms with Crippen molar-refractivity contribution in [2.75, 3.05) is 43.6 Å². The zero-order chi connectivity index (χ0) is 24.2. The maximum absolute atomic E-state index is 14.0. The highest BCUT2D eigenvalue weighted by Crippen LogP contribution is 2.52. The second kappa shape index (κ2) is 8.58. The Hall–Kier alpha value is -3.01. The minimum Gasteiger partial charge on any atom is -0.487 e. The number of fused-ring (bicyclic) bond motifs is 2. The molecule has 6 rings (SSSR count). The molecule has 1 N–H and O–H groups in total. The number of hydrogen-bond acceptors (Lipinski definition) is 7. The van der Waals surface area contributed by atoms with Crippen molar-refractivity contribution < 1.29 is 23.0 Å². The Bertz CT molecular complexity index is 1140. The van der Waals surface area contributed by atoms with Gasteiger partial charge in [-0.15, -0.1) is 0 Å². The van der Waals surface area contributed by atoms with Gasteiger partial charge in [-0.3, -0.25) is 4.79 Å². The Kier molecular flexibility index (Phi) is 5.51. The largest absolute Gasteiger partial charge is 0.487 e. The number of halogens is 2. The molecule has 35 heavy (non-hydrogen) atoms. The van der Waals surface area contributed by atoms with Crippen LogP contribution in [0.5, 0.6) is 5.75 Å². The number of nitrogens with one attached hydrogen (secondary N) is 1. The molecule has 4 aliphatic rings. The molecular formula is C25H29F2N5O3. The summed E-state index contributed by atoms with van der Waals surface area (Å²) < 4.78 is 38.6. The van der Waals surface area contributed by atoms with E-state index < -0.39 is 17.0 Å². The number of benzene rings is 1. The molecule has 1 aromatic carbocycles. The van der Waals surface area contributed by atoms with Crippen LogP contribution in [0.4, 0.5) is 20.4 Å². The lowest BCUT2D eigenvalue weighted by Crippen LogP contribution is -2.44. The number of piperidine rings is 1. The Morgan fingerprint density at radius 2 is 1.97 bits per heavy atom. The number of ether oxygens (including phenoxy) is 2. The number of aromatic nitrogens is 2. The summed E-state index contributed by atoms with van der Waals surface area (Å²) in [6.45, 7) is 3.10. The summed E-state index contributed by atoms with van der Waals surface area (Å²) in [4.78, 5) is 26.9. The summed E-state index contributed by atoms with van der Waals surface area (Å²) in [6, 6.07) is 3.54. The Morgan fingerprint density at radius 1 is 1.17 bits per heavy atom. The summed E-state index contributed by atoms with van der Waals surface area (Å²) in [5, 5.41) is 3.53. The monoisotopic (exact) mass is 485 g/mol. The molecule has 3 aliphatic heterocycles. The van der Waals surface area contributed by atoms with Crippen LogP contribution >= 0.6 is 0 Å². The summed E-state index contributed by atoms with van der Waals surface area (Å²) in [5.41, 5.74) is 1.15. The van der Waals surface area contributed by atoms with E-state index in [1.54, 1.807) is 4.90 Å². The Labute approximate surface area is 202 Å². The molecule has 2 aromatic rings. The Morgan fingerprint density at radius 3 is 2.66 bits per heavy atom. The zero-order valence-corrected chi connectivity index (χ0v) is 19.7. The van der Waals surface area contributed by atoms with Crippen LogP contribution in [0.1, 0.15) is 43.5 Å². The maximum atomic E-state index is 14.0. The number of rotatable bonds is 5. The average Bonchev–Trinajstić information content (AvgIpc) is 3.48. The van der Waals surface area contributed by atoms with Crippen LogP contribution in [0.3, 0.4) is 0 Å². The number of hydrogen-bond donors (Lipinski definition) is 1. The van der Waals surface area contributed by atoms with Crippen molar-refractivity contribution in [2.45, 2.75) is 56.2 Å². The lowest BCUT2D eigenvalue weighted by Gasteiger charge is -2.36. The highest BCUT2D eigenvalue weighted by atomic mass is 19.1. The van der Waals surface area contributed by atoms with E-state index in [4.69, 9.17) is 19.4 Å². The number of anilines is 2. The molecule has 0 unspecified atom stereocenters. The fourth-order valence-electron chi connectivity index (χ4n) is 5.39. The second-order valence-corrected chi connectivity index (χ2v) is 10.0. The molecule has 1 aromatic heterocycles. The molecule has 1 aliphatic carbocycles. The van der Waals surface area contributed by atoms with Crippen molar-refractivity contribution in [3.8, 4) is 5.75 Å². The van der Waals surface area contributed by atoms with Crippen molar-refractivity contribution >= 4 is 17.5 Å². The van der Waals surface area contributed by atoms with Gasteiger partial charge in [0.05, 0.1) is 36.0 Å². The minimum absolute atomic E-state index is 0.0697. The van der Waals surface area contributed by atoms with E-state index in [9.17, 15) is 13.6 Å². The van der Waals surface area contributed by atoms with Crippen LogP contribution < -0.4 is 15.0 Å². The number of likely N-dealkylation sites (N-methyl/N-ethyl adjacent to an activating group) is 1. The topological polar surface area (TPSA) is 79.8 Å². The van der Waals surface area contributed by atoms with Gasteiger partial charge < -0.3 is 24.6 Å². The predicted molar refractivity (Wildman–Crippen MR) is 124 cm³/mol. The molecule has 1 spiro atoms. The second-order valence-electron chi connectivity index (χ2n) is 10.0. The highest BCUT2D eigenvalue weighted by Gasteiger charge is 2.58. The first-order chi connectivity index (χ1) is 16.9. The van der Waals surface area contributed by atoms with E-state index in [0.717, 1.165) is 48.4 Å². The van der Waals surface area contributed by atoms with Gasteiger partial charge in [-0.2, -0.15) is 0 Å². The molecule has 10 heteroatoms. The SMILES string of the molecule is CN1Cc2nc(N[C@@H]3CCOC3)c(N3CCC(Oc4ccc(F)cc4F)CC3)nc2C2(CC2)C1=O. The normalized spacial score (nSPS) is 23.5. The van der Waals surface area contributed by atoms with E-state index in [1.165, 1.54) is 12.1 Å². The number of nitrogens with zero attached hydrogens (tertiary/aromatic N) is 4. The van der Waals surface area contributed by atoms with Crippen molar-refractivity contribution in [3.05, 3.63) is 41.2 Å². The van der Waals surface area contributed by atoms with Crippen LogP contribution in [0, 0.1) is 11.6 Å². The van der Waals surface area contributed by atoms with E-state index >= 15 is 0 Å². The molecule has 8 nitrogen and oxygen atoms in total. The summed E-state index contributed by atoms with van der Waals surface area (Å²) in [7, 11) is 1.83. The van der Waals surface area contributed by atoms with Crippen molar-refractivity contribution in [1.29, 1.82) is 0 Å². The molecule has 1 saturated carbocycles. The smallest absolute Gasteiger partial charge is 0.235 e. The number of amides is 1. The molecule has 1 amide bonds. The zero-order valence-electron chi connectivity index (χ0n) is 19.7. The van der Waals surface area contributed by atoms with E-state index in [0.29, 0.717) is 45.7 Å². The van der Waals surface area contributed by atoms with Crippen molar-refractivity contribution in [1.82, 2.24) is 14.9 Å². The van der Waals surface area contributed by atoms with Crippen molar-refractivity contribution in [2.24, 2.45) is 0 Å². The van der Waals surface area contributed by atoms with E-state index in [1.807, 2.05) is 7.05 Å². The van der Waals surface area contributed by atoms with Gasteiger partial charge in [0.25, 0.3) is 0 Å². The first kappa shape index (κ1) is 22.5. The molecule has 2 saturated heterocycles. The van der Waals surface area contributed by atoms with Gasteiger partial charge in [0.15, 0.2) is 23.2 Å². The molecule has 4 heterocycles. The van der Waals surface area contributed by atoms with Crippen LogP contribution in [-0.2, 0) is 21.5 Å². The highest BCUT2D eigenvalue weighted by molar-refractivity contribution is 5.92. The quantitative estimate of drug-likeness (QED) is 0.698. The summed E-state index contributed by atoms with van der Waals surface area (Å²) in [6.07, 6.45) is 3.66. The number of carbonyl (C=O) groups is 1. The van der Waals surface area contributed by atoms with Gasteiger partial charge in [-0.05, 0) is 31.4 Å². The van der Waals surface area contributed by atoms with Gasteiger partial charge in [-0.1, -0.05) is 0 Å². The molecule has 0 bridgehead atoms. The third-order valence-electron chi connectivity index (χ3n) is 7.50. The first-order valence-corrected chi connectivity index (χ1v) is 12.3. The average molecular weight is 486 g/mol. The standard InChI is InChI=1S/C25H29F2N5O3/c1-31-13-19-21(25(7-8-25)24(31)33)30-23(22(29-19)28-16-6-11-34-14-16)32-9-4-17(5-10-32)35-20-3-2-15(26)12-18(20)27/h2-3,12,16-17H,4-11,13-14H2,1H3,(H,28,29)/t16-/m1/s1. The molecular weight excluding hydrogens is 456 g/mol. The van der Waals surface area contributed by atoms with Crippen molar-refractivity contribution in [3.63, 3.8) is 0 Å². The van der Waals surface area contributed by atoms with Crippen LogP contribution in [0.15, 0.2) is 18.2 Å². The van der Waals surface area contributed by atoms with E-state index in [-0.39, 0.29) is 23.8 Å². The lowest BCUT2D eigenvalue weighted by atomic mass is 9.94. The lowest BCUT2D eigenvalue weighted by molar-refractivity contribution is -0.134. The van der Waals surface area contributed by atoms with Gasteiger partial charge >= 0.3 is 0 Å². The maximum Gasteiger partial charge on any atom is 0.235 e. The fraction of sp³-hybridized carbons (Fsp3) is 0.560. The Balaban J connectivity index is 1.25. The third kappa shape index (κ3) is 4.07. The third-order valence-corrected chi connectivity index (χ3v) is 7.50. The molecule has 3 fully saturated rings. The summed E-state index contributed by atoms with van der Waals surface area (Å²) >= 11 is 0. The van der Waals surface area contributed by atoms with Crippen LogP contribution in [0.2, 0.25) is 0 Å². The van der Waals surface area contributed by atoms with E-state index in [2.05, 4.69) is 10.2 Å². The minimum atomic E-state index is -0.692. The van der Waals surface area contributed by atoms with Gasteiger partial charge in [0, 0.05) is 45.7 Å². The molecule has 1 atom stereocenters. The van der Waals surface area contributed by atoms with Gasteiger partial charge in [0.2, 0.25) is 5.91 Å². The van der Waals surface area contributed by atoms with Gasteiger partial charge in [-0.25, -0.2) is 18.7 Å².